The van der Waals surface area contributed by atoms with Gasteiger partial charge in [-0.3, -0.25) is 9.10 Å². The van der Waals surface area contributed by atoms with Crippen LogP contribution in [0.15, 0.2) is 42.5 Å². The predicted octanol–water partition coefficient (Wildman–Crippen LogP) is 2.97. The van der Waals surface area contributed by atoms with Crippen LogP contribution in [0.1, 0.15) is 42.5 Å². The molecule has 4 rings (SSSR count). The first-order chi connectivity index (χ1) is 13.8. The maximum atomic E-state index is 12.9. The molecule has 1 amide bonds. The van der Waals surface area contributed by atoms with E-state index in [1.165, 1.54) is 28.3 Å². The Bertz CT molecular complexity index is 1030. The average Bonchev–Trinajstić information content (AvgIpc) is 2.71. The number of fused-ring (bicyclic) bond motifs is 2. The Morgan fingerprint density at radius 2 is 1.86 bits per heavy atom. The maximum absolute atomic E-state index is 12.9. The third-order valence-corrected chi connectivity index (χ3v) is 6.81. The quantitative estimate of drug-likeness (QED) is 0.835. The van der Waals surface area contributed by atoms with Crippen molar-refractivity contribution in [3.05, 3.63) is 59.2 Å². The Hall–Kier alpha value is -2.54. The van der Waals surface area contributed by atoms with Gasteiger partial charge >= 0.3 is 0 Å². The van der Waals surface area contributed by atoms with Crippen molar-refractivity contribution >= 4 is 21.6 Å². The number of hydrogen-bond acceptors (Lipinski definition) is 4. The van der Waals surface area contributed by atoms with E-state index in [0.29, 0.717) is 11.4 Å². The second kappa shape index (κ2) is 7.71. The van der Waals surface area contributed by atoms with Gasteiger partial charge in [-0.15, -0.1) is 0 Å². The molecule has 0 radical (unpaired) electrons. The first-order valence-electron chi connectivity index (χ1n) is 9.98. The summed E-state index contributed by atoms with van der Waals surface area (Å²) >= 11 is 0. The van der Waals surface area contributed by atoms with Crippen molar-refractivity contribution in [3.8, 4) is 5.75 Å². The summed E-state index contributed by atoms with van der Waals surface area (Å²) in [6.07, 6.45) is 4.87. The molecule has 1 N–H and O–H groups in total. The van der Waals surface area contributed by atoms with E-state index >= 15 is 0 Å². The number of benzene rings is 2. The molecule has 1 aliphatic heterocycles. The number of hydrogen-bond donors (Lipinski definition) is 1. The Labute approximate surface area is 171 Å². The number of anilines is 1. The summed E-state index contributed by atoms with van der Waals surface area (Å²) in [6, 6.07) is 13.1. The summed E-state index contributed by atoms with van der Waals surface area (Å²) in [6.45, 7) is 1.89. The summed E-state index contributed by atoms with van der Waals surface area (Å²) < 4.78 is 31.5. The van der Waals surface area contributed by atoms with Crippen molar-refractivity contribution < 1.29 is 17.9 Å². The second-order valence-corrected chi connectivity index (χ2v) is 9.74. The fourth-order valence-electron chi connectivity index (χ4n) is 4.07. The smallest absolute Gasteiger partial charge is 0.263 e. The van der Waals surface area contributed by atoms with Gasteiger partial charge in [-0.25, -0.2) is 8.42 Å². The molecule has 0 saturated carbocycles. The molecular weight excluding hydrogens is 388 g/mol. The second-order valence-electron chi connectivity index (χ2n) is 7.83. The molecule has 2 aliphatic rings. The minimum atomic E-state index is -3.52. The van der Waals surface area contributed by atoms with Crippen molar-refractivity contribution in [2.24, 2.45) is 0 Å². The number of rotatable bonds is 4. The molecule has 2 aromatic rings. The highest BCUT2D eigenvalue weighted by atomic mass is 32.2. The normalized spacial score (nSPS) is 19.5. The lowest BCUT2D eigenvalue weighted by molar-refractivity contribution is -0.128. The number of para-hydroxylation sites is 2. The highest BCUT2D eigenvalue weighted by molar-refractivity contribution is 7.92. The van der Waals surface area contributed by atoms with Crippen molar-refractivity contribution in [2.45, 2.75) is 44.8 Å². The van der Waals surface area contributed by atoms with Crippen LogP contribution in [-0.4, -0.2) is 33.2 Å². The molecule has 0 bridgehead atoms. The Morgan fingerprint density at radius 1 is 1.14 bits per heavy atom. The van der Waals surface area contributed by atoms with Gasteiger partial charge in [0.2, 0.25) is 10.0 Å². The van der Waals surface area contributed by atoms with E-state index in [1.807, 2.05) is 6.92 Å². The molecule has 0 fully saturated rings. The zero-order valence-corrected chi connectivity index (χ0v) is 17.5. The van der Waals surface area contributed by atoms with Gasteiger partial charge in [0.1, 0.15) is 5.75 Å². The zero-order chi connectivity index (χ0) is 20.6. The number of amides is 1. The fourth-order valence-corrected chi connectivity index (χ4v) is 4.98. The fraction of sp³-hybridized carbons (Fsp3) is 0.409. The van der Waals surface area contributed by atoms with Crippen LogP contribution in [0.2, 0.25) is 0 Å². The number of sulfonamides is 1. The van der Waals surface area contributed by atoms with E-state index < -0.39 is 16.1 Å². The molecule has 0 aromatic heterocycles. The highest BCUT2D eigenvalue weighted by Crippen LogP contribution is 2.34. The number of aryl methyl sites for hydroxylation is 2. The van der Waals surface area contributed by atoms with Crippen LogP contribution in [0.5, 0.6) is 5.75 Å². The van der Waals surface area contributed by atoms with Crippen molar-refractivity contribution in [1.29, 1.82) is 0 Å². The van der Waals surface area contributed by atoms with E-state index in [9.17, 15) is 13.2 Å². The van der Waals surface area contributed by atoms with Crippen molar-refractivity contribution in [1.82, 2.24) is 5.32 Å². The third-order valence-electron chi connectivity index (χ3n) is 5.66. The molecule has 0 saturated heterocycles. The lowest BCUT2D eigenvalue weighted by Crippen LogP contribution is -2.50. The molecule has 0 unspecified atom stereocenters. The zero-order valence-electron chi connectivity index (χ0n) is 16.7. The lowest BCUT2D eigenvalue weighted by atomic mass is 9.89. The predicted molar refractivity (Wildman–Crippen MR) is 113 cm³/mol. The number of carbonyl (C=O) groups is 1. The van der Waals surface area contributed by atoms with Crippen molar-refractivity contribution in [3.63, 3.8) is 0 Å². The SMILES string of the molecule is C[C@@H](NC(=O)[C@@H]1CN(S(C)(=O)=O)c2ccccc2O1)c1ccc2c(c1)CCCC2. The van der Waals surface area contributed by atoms with Gasteiger partial charge < -0.3 is 10.1 Å². The highest BCUT2D eigenvalue weighted by Gasteiger charge is 2.35. The first kappa shape index (κ1) is 19.8. The largest absolute Gasteiger partial charge is 0.476 e. The van der Waals surface area contributed by atoms with Gasteiger partial charge in [-0.05, 0) is 61.4 Å². The van der Waals surface area contributed by atoms with Crippen LogP contribution in [-0.2, 0) is 27.7 Å². The molecule has 6 nitrogen and oxygen atoms in total. The van der Waals surface area contributed by atoms with Crippen LogP contribution in [0.3, 0.4) is 0 Å². The molecule has 29 heavy (non-hydrogen) atoms. The number of ether oxygens (including phenoxy) is 1. The van der Waals surface area contributed by atoms with Crippen LogP contribution in [0, 0.1) is 0 Å². The summed E-state index contributed by atoms with van der Waals surface area (Å²) in [7, 11) is -3.52. The molecule has 1 heterocycles. The lowest BCUT2D eigenvalue weighted by Gasteiger charge is -2.34. The van der Waals surface area contributed by atoms with Gasteiger partial charge in [-0.1, -0.05) is 30.3 Å². The topological polar surface area (TPSA) is 75.7 Å². The summed E-state index contributed by atoms with van der Waals surface area (Å²) in [5.74, 6) is 0.0733. The van der Waals surface area contributed by atoms with Crippen LogP contribution < -0.4 is 14.4 Å². The van der Waals surface area contributed by atoms with Gasteiger partial charge in [0.15, 0.2) is 6.10 Å². The molecular formula is C22H26N2O4S. The molecule has 1 aliphatic carbocycles. The molecule has 0 spiro atoms. The summed E-state index contributed by atoms with van der Waals surface area (Å²) in [5, 5.41) is 2.99. The van der Waals surface area contributed by atoms with Gasteiger partial charge in [0, 0.05) is 0 Å². The minimum absolute atomic E-state index is 0.0431. The summed E-state index contributed by atoms with van der Waals surface area (Å²) in [5.41, 5.74) is 4.27. The standard InChI is InChI=1S/C22H26N2O4S/c1-15(17-12-11-16-7-3-4-8-18(16)13-17)23-22(25)21-14-24(29(2,26)27)19-9-5-6-10-20(19)28-21/h5-6,9-13,15,21H,3-4,7-8,14H2,1-2H3,(H,23,25)/t15-,21+/m1/s1. The Balaban J connectivity index is 1.51. The number of carbonyl (C=O) groups excluding carboxylic acids is 1. The van der Waals surface area contributed by atoms with Gasteiger partial charge in [0.05, 0.1) is 24.5 Å². The van der Waals surface area contributed by atoms with Crippen LogP contribution >= 0.6 is 0 Å². The molecule has 7 heteroatoms. The van der Waals surface area contributed by atoms with Gasteiger partial charge in [-0.2, -0.15) is 0 Å². The summed E-state index contributed by atoms with van der Waals surface area (Å²) in [4.78, 5) is 12.9. The molecule has 154 valence electrons. The average molecular weight is 415 g/mol. The number of nitrogens with zero attached hydrogens (tertiary/aromatic N) is 1. The molecule has 2 atom stereocenters. The number of nitrogens with one attached hydrogen (secondary N) is 1. The minimum Gasteiger partial charge on any atom is -0.476 e. The monoisotopic (exact) mass is 414 g/mol. The van der Waals surface area contributed by atoms with E-state index in [4.69, 9.17) is 4.74 Å². The van der Waals surface area contributed by atoms with E-state index in [2.05, 4.69) is 23.5 Å². The molecule has 2 aromatic carbocycles. The van der Waals surface area contributed by atoms with E-state index in [-0.39, 0.29) is 18.5 Å². The van der Waals surface area contributed by atoms with E-state index in [0.717, 1.165) is 24.7 Å². The van der Waals surface area contributed by atoms with E-state index in [1.54, 1.807) is 24.3 Å². The third kappa shape index (κ3) is 4.10. The van der Waals surface area contributed by atoms with Crippen LogP contribution in [0.4, 0.5) is 5.69 Å². The first-order valence-corrected chi connectivity index (χ1v) is 11.8. The Morgan fingerprint density at radius 3 is 2.62 bits per heavy atom. The Kier molecular flexibility index (Phi) is 5.25. The van der Waals surface area contributed by atoms with Crippen LogP contribution in [0.25, 0.3) is 0 Å². The van der Waals surface area contributed by atoms with Gasteiger partial charge in [0.25, 0.3) is 5.91 Å². The van der Waals surface area contributed by atoms with Crippen molar-refractivity contribution in [2.75, 3.05) is 17.1 Å². The maximum Gasteiger partial charge on any atom is 0.263 e.